The molecule has 0 N–H and O–H groups in total. The molecule has 0 bridgehead atoms. The maximum absolute atomic E-state index is 13.3. The Morgan fingerprint density at radius 1 is 0.588 bits per heavy atom. The van der Waals surface area contributed by atoms with Crippen molar-refractivity contribution in [1.29, 1.82) is 0 Å². The molecule has 0 saturated carbocycles. The third-order valence-electron chi connectivity index (χ3n) is 5.54. The number of benzene rings is 3. The molecule has 0 aliphatic heterocycles. The first kappa shape index (κ1) is 24.6. The van der Waals surface area contributed by atoms with Gasteiger partial charge in [-0.1, -0.05) is 6.07 Å². The van der Waals surface area contributed by atoms with Gasteiger partial charge in [-0.3, -0.25) is 9.59 Å². The highest BCUT2D eigenvalue weighted by molar-refractivity contribution is 6.49. The molecule has 0 unspecified atom stereocenters. The molecule has 3 aromatic carbocycles. The monoisotopic (exact) mass is 464 g/mol. The summed E-state index contributed by atoms with van der Waals surface area (Å²) >= 11 is 0. The molecule has 0 aromatic heterocycles. The van der Waals surface area contributed by atoms with Crippen molar-refractivity contribution in [2.75, 3.05) is 35.5 Å². The Labute approximate surface area is 199 Å². The number of ketones is 2. The number of methoxy groups -OCH3 is 5. The van der Waals surface area contributed by atoms with Gasteiger partial charge in [-0.05, 0) is 72.5 Å². The Balaban J connectivity index is 1.94. The SMILES string of the molecule is COc1ccc(C(=O)C(=O)c2cc(OC)c(OC)cc2CCc2ccc(OC)c(OC)c2)cc1. The maximum atomic E-state index is 13.3. The van der Waals surface area contributed by atoms with Crippen molar-refractivity contribution in [1.82, 2.24) is 0 Å². The van der Waals surface area contributed by atoms with Crippen LogP contribution in [0, 0.1) is 0 Å². The summed E-state index contributed by atoms with van der Waals surface area (Å²) in [6.07, 6.45) is 1.10. The van der Waals surface area contributed by atoms with Crippen LogP contribution in [0.1, 0.15) is 31.8 Å². The first-order valence-corrected chi connectivity index (χ1v) is 10.6. The van der Waals surface area contributed by atoms with E-state index < -0.39 is 11.6 Å². The topological polar surface area (TPSA) is 80.3 Å². The number of Topliss-reactive ketones (excluding diaryl/α,β-unsaturated/α-hetero) is 2. The fourth-order valence-corrected chi connectivity index (χ4v) is 3.65. The van der Waals surface area contributed by atoms with E-state index in [0.29, 0.717) is 47.2 Å². The van der Waals surface area contributed by atoms with E-state index in [0.717, 1.165) is 5.56 Å². The van der Waals surface area contributed by atoms with Crippen LogP contribution in [0.15, 0.2) is 54.6 Å². The van der Waals surface area contributed by atoms with E-state index >= 15 is 0 Å². The molecular weight excluding hydrogens is 436 g/mol. The molecule has 0 amide bonds. The van der Waals surface area contributed by atoms with Crippen LogP contribution in [0.5, 0.6) is 28.7 Å². The number of ether oxygens (including phenoxy) is 5. The summed E-state index contributed by atoms with van der Waals surface area (Å²) in [5.41, 5.74) is 2.23. The standard InChI is InChI=1S/C27H28O7/c1-30-20-11-9-18(10-12-20)26(28)27(29)21-16-25(34-5)24(33-4)15-19(21)8-6-17-7-13-22(31-2)23(14-17)32-3/h7,9-16H,6,8H2,1-5H3. The Hall–Kier alpha value is -4.00. The van der Waals surface area contributed by atoms with Crippen molar-refractivity contribution in [3.63, 3.8) is 0 Å². The van der Waals surface area contributed by atoms with Gasteiger partial charge in [0.15, 0.2) is 23.0 Å². The van der Waals surface area contributed by atoms with Crippen molar-refractivity contribution in [3.8, 4) is 28.7 Å². The van der Waals surface area contributed by atoms with Gasteiger partial charge in [-0.25, -0.2) is 0 Å². The second-order valence-corrected chi connectivity index (χ2v) is 7.44. The van der Waals surface area contributed by atoms with Gasteiger partial charge in [0, 0.05) is 11.1 Å². The second-order valence-electron chi connectivity index (χ2n) is 7.44. The zero-order valence-corrected chi connectivity index (χ0v) is 20.0. The van der Waals surface area contributed by atoms with E-state index in [-0.39, 0.29) is 11.1 Å². The Kier molecular flexibility index (Phi) is 8.14. The molecule has 0 saturated heterocycles. The number of rotatable bonds is 11. The minimum absolute atomic E-state index is 0.277. The van der Waals surface area contributed by atoms with E-state index in [9.17, 15) is 9.59 Å². The lowest BCUT2D eigenvalue weighted by Gasteiger charge is -2.15. The number of carbonyl (C=O) groups excluding carboxylic acids is 2. The van der Waals surface area contributed by atoms with Crippen LogP contribution in [0.4, 0.5) is 0 Å². The summed E-state index contributed by atoms with van der Waals surface area (Å²) < 4.78 is 26.6. The average molecular weight is 465 g/mol. The van der Waals surface area contributed by atoms with Gasteiger partial charge >= 0.3 is 0 Å². The number of hydrogen-bond donors (Lipinski definition) is 0. The van der Waals surface area contributed by atoms with Crippen molar-refractivity contribution < 1.29 is 33.3 Å². The van der Waals surface area contributed by atoms with Crippen LogP contribution >= 0.6 is 0 Å². The molecule has 0 aliphatic rings. The molecule has 7 nitrogen and oxygen atoms in total. The normalized spacial score (nSPS) is 10.4. The molecular formula is C27H28O7. The summed E-state index contributed by atoms with van der Waals surface area (Å²) in [5.74, 6) is 1.50. The van der Waals surface area contributed by atoms with Crippen LogP contribution in [-0.2, 0) is 12.8 Å². The summed E-state index contributed by atoms with van der Waals surface area (Å²) in [5, 5.41) is 0. The van der Waals surface area contributed by atoms with E-state index in [1.807, 2.05) is 18.2 Å². The first-order valence-electron chi connectivity index (χ1n) is 10.6. The molecule has 0 aliphatic carbocycles. The van der Waals surface area contributed by atoms with Crippen LogP contribution in [0.3, 0.4) is 0 Å². The minimum atomic E-state index is -0.617. The zero-order valence-electron chi connectivity index (χ0n) is 20.0. The summed E-state index contributed by atoms with van der Waals surface area (Å²) in [4.78, 5) is 26.3. The molecule has 178 valence electrons. The van der Waals surface area contributed by atoms with E-state index in [1.165, 1.54) is 21.3 Å². The second kappa shape index (κ2) is 11.2. The van der Waals surface area contributed by atoms with Crippen LogP contribution in [-0.4, -0.2) is 47.1 Å². The van der Waals surface area contributed by atoms with Crippen molar-refractivity contribution in [3.05, 3.63) is 76.9 Å². The van der Waals surface area contributed by atoms with Gasteiger partial charge in [0.2, 0.25) is 11.6 Å². The molecule has 0 fully saturated rings. The average Bonchev–Trinajstić information content (AvgIpc) is 2.90. The van der Waals surface area contributed by atoms with E-state index in [2.05, 4.69) is 0 Å². The fourth-order valence-electron chi connectivity index (χ4n) is 3.65. The fraction of sp³-hybridized carbons (Fsp3) is 0.259. The smallest absolute Gasteiger partial charge is 0.233 e. The number of aryl methyl sites for hydroxylation is 2. The number of hydrogen-bond acceptors (Lipinski definition) is 7. The summed E-state index contributed by atoms with van der Waals surface area (Å²) in [7, 11) is 7.72. The molecule has 0 atom stereocenters. The Morgan fingerprint density at radius 2 is 1.18 bits per heavy atom. The van der Waals surface area contributed by atoms with Gasteiger partial charge in [0.25, 0.3) is 0 Å². The quantitative estimate of drug-likeness (QED) is 0.304. The van der Waals surface area contributed by atoms with Crippen molar-refractivity contribution >= 4 is 11.6 Å². The summed E-state index contributed by atoms with van der Waals surface area (Å²) in [6.45, 7) is 0. The Bertz CT molecular complexity index is 1170. The third kappa shape index (κ3) is 5.31. The molecule has 34 heavy (non-hydrogen) atoms. The molecule has 7 heteroatoms. The molecule has 0 heterocycles. The highest BCUT2D eigenvalue weighted by Crippen LogP contribution is 2.33. The van der Waals surface area contributed by atoms with Gasteiger partial charge in [-0.15, -0.1) is 0 Å². The third-order valence-corrected chi connectivity index (χ3v) is 5.54. The molecule has 3 aromatic rings. The molecule has 0 spiro atoms. The molecule has 0 radical (unpaired) electrons. The predicted molar refractivity (Wildman–Crippen MR) is 128 cm³/mol. The van der Waals surface area contributed by atoms with Crippen LogP contribution in [0.2, 0.25) is 0 Å². The van der Waals surface area contributed by atoms with E-state index in [4.69, 9.17) is 23.7 Å². The van der Waals surface area contributed by atoms with Gasteiger partial charge in [0.1, 0.15) is 5.75 Å². The largest absolute Gasteiger partial charge is 0.497 e. The van der Waals surface area contributed by atoms with Gasteiger partial charge in [-0.2, -0.15) is 0 Å². The van der Waals surface area contributed by atoms with Gasteiger partial charge < -0.3 is 23.7 Å². The van der Waals surface area contributed by atoms with Gasteiger partial charge in [0.05, 0.1) is 35.5 Å². The van der Waals surface area contributed by atoms with Crippen molar-refractivity contribution in [2.24, 2.45) is 0 Å². The van der Waals surface area contributed by atoms with Crippen LogP contribution < -0.4 is 23.7 Å². The summed E-state index contributed by atoms with van der Waals surface area (Å²) in [6, 6.07) is 15.4. The maximum Gasteiger partial charge on any atom is 0.233 e. The lowest BCUT2D eigenvalue weighted by molar-refractivity contribution is 0.0816. The van der Waals surface area contributed by atoms with Crippen LogP contribution in [0.25, 0.3) is 0 Å². The molecule has 3 rings (SSSR count). The predicted octanol–water partition coefficient (Wildman–Crippen LogP) is 4.58. The lowest BCUT2D eigenvalue weighted by atomic mass is 9.93. The highest BCUT2D eigenvalue weighted by atomic mass is 16.5. The highest BCUT2D eigenvalue weighted by Gasteiger charge is 2.24. The lowest BCUT2D eigenvalue weighted by Crippen LogP contribution is -2.17. The minimum Gasteiger partial charge on any atom is -0.497 e. The first-order chi connectivity index (χ1) is 16.4. The van der Waals surface area contributed by atoms with E-state index in [1.54, 1.807) is 50.6 Å². The zero-order chi connectivity index (χ0) is 24.7. The Morgan fingerprint density at radius 3 is 1.76 bits per heavy atom. The number of carbonyl (C=O) groups is 2. The van der Waals surface area contributed by atoms with Crippen molar-refractivity contribution in [2.45, 2.75) is 12.8 Å².